The first-order chi connectivity index (χ1) is 11.6. The maximum Gasteiger partial charge on any atom is 0.204 e. The second-order valence-corrected chi connectivity index (χ2v) is 7.43. The summed E-state index contributed by atoms with van der Waals surface area (Å²) in [5, 5.41) is 3.52. The van der Waals surface area contributed by atoms with Crippen LogP contribution < -0.4 is 10.2 Å². The van der Waals surface area contributed by atoms with Crippen LogP contribution in [0, 0.1) is 11.8 Å². The van der Waals surface area contributed by atoms with Gasteiger partial charge in [0.1, 0.15) is 0 Å². The van der Waals surface area contributed by atoms with Gasteiger partial charge in [-0.1, -0.05) is 0 Å². The quantitative estimate of drug-likeness (QED) is 0.419. The lowest BCUT2D eigenvalue weighted by atomic mass is 9.82. The molecule has 3 aliphatic rings. The van der Waals surface area contributed by atoms with Crippen LogP contribution in [0.1, 0.15) is 18.5 Å². The van der Waals surface area contributed by atoms with E-state index in [9.17, 15) is 0 Å². The molecule has 0 amide bonds. The van der Waals surface area contributed by atoms with Crippen LogP contribution in [-0.4, -0.2) is 66.9 Å². The summed E-state index contributed by atoms with van der Waals surface area (Å²) in [6.45, 7) is 2.87. The van der Waals surface area contributed by atoms with Gasteiger partial charge in [0, 0.05) is 53.1 Å². The molecule has 0 saturated carbocycles. The van der Waals surface area contributed by atoms with Gasteiger partial charge in [-0.3, -0.25) is 4.99 Å². The molecule has 0 spiro atoms. The predicted octanol–water partition coefficient (Wildman–Crippen LogP) is 1.29. The molecular formula is C17H29IN6O. The van der Waals surface area contributed by atoms with Crippen LogP contribution in [0.4, 0.5) is 5.95 Å². The molecule has 1 aromatic rings. The molecule has 140 valence electrons. The summed E-state index contributed by atoms with van der Waals surface area (Å²) in [5.74, 6) is 3.35. The van der Waals surface area contributed by atoms with Gasteiger partial charge in [0.15, 0.2) is 5.96 Å². The predicted molar refractivity (Wildman–Crippen MR) is 110 cm³/mol. The molecule has 8 heteroatoms. The molecule has 1 N–H and O–H groups in total. The second-order valence-electron chi connectivity index (χ2n) is 7.43. The zero-order valence-corrected chi connectivity index (χ0v) is 17.8. The van der Waals surface area contributed by atoms with Crippen LogP contribution in [0.2, 0.25) is 0 Å². The molecule has 0 aliphatic carbocycles. The van der Waals surface area contributed by atoms with Gasteiger partial charge >= 0.3 is 0 Å². The minimum atomic E-state index is 0. The number of nitrogens with zero attached hydrogens (tertiary/aromatic N) is 5. The third-order valence-corrected chi connectivity index (χ3v) is 5.85. The summed E-state index contributed by atoms with van der Waals surface area (Å²) >= 11 is 0. The number of hydrogen-bond acceptors (Lipinski definition) is 4. The Morgan fingerprint density at radius 1 is 1.32 bits per heavy atom. The summed E-state index contributed by atoms with van der Waals surface area (Å²) in [5.41, 5.74) is 1.16. The van der Waals surface area contributed by atoms with E-state index in [-0.39, 0.29) is 24.0 Å². The lowest BCUT2D eigenvalue weighted by Crippen LogP contribution is -2.41. The Hall–Kier alpha value is -1.03. The number of halogens is 1. The number of likely N-dealkylation sites (tertiary alicyclic amines) is 1. The van der Waals surface area contributed by atoms with Crippen LogP contribution in [0.15, 0.2) is 11.2 Å². The molecule has 4 unspecified atom stereocenters. The lowest BCUT2D eigenvalue weighted by Gasteiger charge is -2.23. The first kappa shape index (κ1) is 18.8. The van der Waals surface area contributed by atoms with Gasteiger partial charge in [-0.05, 0) is 12.8 Å². The van der Waals surface area contributed by atoms with E-state index < -0.39 is 0 Å². The third kappa shape index (κ3) is 3.22. The van der Waals surface area contributed by atoms with Crippen LogP contribution in [0.5, 0.6) is 0 Å². The van der Waals surface area contributed by atoms with Crippen molar-refractivity contribution >= 4 is 35.9 Å². The summed E-state index contributed by atoms with van der Waals surface area (Å²) < 4.78 is 8.19. The monoisotopic (exact) mass is 460 g/mol. The molecule has 7 nitrogen and oxygen atoms in total. The van der Waals surface area contributed by atoms with Crippen molar-refractivity contribution in [1.29, 1.82) is 0 Å². The highest BCUT2D eigenvalue weighted by molar-refractivity contribution is 14.0. The van der Waals surface area contributed by atoms with E-state index in [1.54, 1.807) is 0 Å². The number of aliphatic imine (C=N–C) groups is 1. The van der Waals surface area contributed by atoms with Crippen LogP contribution in [0.25, 0.3) is 0 Å². The van der Waals surface area contributed by atoms with Crippen LogP contribution in [0.3, 0.4) is 0 Å². The van der Waals surface area contributed by atoms with Gasteiger partial charge in [0.25, 0.3) is 0 Å². The largest absolute Gasteiger partial charge is 0.374 e. The number of nitrogens with one attached hydrogen (secondary N) is 1. The fourth-order valence-electron chi connectivity index (χ4n) is 4.65. The molecule has 0 aromatic carbocycles. The standard InChI is InChI=1S/C17H28N6O.HI/c1-18-16(19-7-11-8-20-17(21(2)3)22(11)4)23-9-12-13(10-23)15-6-5-14(12)24-15;/h8,12-15H,5-7,9-10H2,1-4H3,(H,18,19);1H. The van der Waals surface area contributed by atoms with Gasteiger partial charge in [0.2, 0.25) is 5.95 Å². The zero-order valence-electron chi connectivity index (χ0n) is 15.5. The number of rotatable bonds is 3. The summed E-state index contributed by atoms with van der Waals surface area (Å²) in [7, 11) is 7.95. The van der Waals surface area contributed by atoms with E-state index in [1.165, 1.54) is 12.8 Å². The molecule has 0 radical (unpaired) electrons. The van der Waals surface area contributed by atoms with Gasteiger partial charge in [-0.15, -0.1) is 24.0 Å². The molecule has 3 aliphatic heterocycles. The molecular weight excluding hydrogens is 431 g/mol. The van der Waals surface area contributed by atoms with Crippen molar-refractivity contribution < 1.29 is 4.74 Å². The van der Waals surface area contributed by atoms with Crippen molar-refractivity contribution in [3.05, 3.63) is 11.9 Å². The Bertz CT molecular complexity index is 627. The Kier molecular flexibility index (Phi) is 5.48. The number of anilines is 1. The maximum absolute atomic E-state index is 6.07. The molecule has 2 bridgehead atoms. The molecule has 4 atom stereocenters. The smallest absolute Gasteiger partial charge is 0.204 e. The van der Waals surface area contributed by atoms with E-state index in [2.05, 4.69) is 31.8 Å². The van der Waals surface area contributed by atoms with Crippen molar-refractivity contribution in [2.24, 2.45) is 23.9 Å². The van der Waals surface area contributed by atoms with Gasteiger partial charge in [-0.2, -0.15) is 0 Å². The highest BCUT2D eigenvalue weighted by Gasteiger charge is 2.53. The van der Waals surface area contributed by atoms with E-state index in [1.807, 2.05) is 32.2 Å². The molecule has 3 fully saturated rings. The van der Waals surface area contributed by atoms with Crippen LogP contribution in [-0.2, 0) is 18.3 Å². The van der Waals surface area contributed by atoms with E-state index in [4.69, 9.17) is 4.74 Å². The number of fused-ring (bicyclic) bond motifs is 5. The average Bonchev–Trinajstić information content (AvgIpc) is 3.28. The van der Waals surface area contributed by atoms with Crippen molar-refractivity contribution in [1.82, 2.24) is 19.8 Å². The first-order valence-electron chi connectivity index (χ1n) is 8.87. The molecule has 4 heterocycles. The fourth-order valence-corrected chi connectivity index (χ4v) is 4.65. The third-order valence-electron chi connectivity index (χ3n) is 5.85. The van der Waals surface area contributed by atoms with E-state index >= 15 is 0 Å². The number of imidazole rings is 1. The van der Waals surface area contributed by atoms with E-state index in [0.717, 1.165) is 37.2 Å². The van der Waals surface area contributed by atoms with Gasteiger partial charge < -0.3 is 24.4 Å². The number of aromatic nitrogens is 2. The van der Waals surface area contributed by atoms with Crippen molar-refractivity contribution in [3.63, 3.8) is 0 Å². The van der Waals surface area contributed by atoms with Crippen molar-refractivity contribution in [3.8, 4) is 0 Å². The number of guanidine groups is 1. The van der Waals surface area contributed by atoms with Crippen molar-refractivity contribution in [2.45, 2.75) is 31.6 Å². The summed E-state index contributed by atoms with van der Waals surface area (Å²) in [4.78, 5) is 13.4. The van der Waals surface area contributed by atoms with Gasteiger partial charge in [-0.25, -0.2) is 4.98 Å². The Morgan fingerprint density at radius 3 is 2.48 bits per heavy atom. The zero-order chi connectivity index (χ0) is 16.8. The second kappa shape index (κ2) is 7.30. The van der Waals surface area contributed by atoms with E-state index in [0.29, 0.717) is 24.0 Å². The lowest BCUT2D eigenvalue weighted by molar-refractivity contribution is 0.0767. The molecule has 3 saturated heterocycles. The molecule has 4 rings (SSSR count). The highest BCUT2D eigenvalue weighted by Crippen LogP contribution is 2.47. The summed E-state index contributed by atoms with van der Waals surface area (Å²) in [6, 6.07) is 0. The SMILES string of the molecule is CN=C(NCc1cnc(N(C)C)n1C)N1CC2C3CCC(O3)C2C1.I. The Labute approximate surface area is 166 Å². The van der Waals surface area contributed by atoms with Crippen molar-refractivity contribution in [2.75, 3.05) is 39.1 Å². The summed E-state index contributed by atoms with van der Waals surface area (Å²) in [6.07, 6.45) is 5.40. The minimum absolute atomic E-state index is 0. The average molecular weight is 460 g/mol. The number of hydrogen-bond donors (Lipinski definition) is 1. The first-order valence-corrected chi connectivity index (χ1v) is 8.87. The maximum atomic E-state index is 6.07. The van der Waals surface area contributed by atoms with Crippen LogP contribution >= 0.6 is 24.0 Å². The fraction of sp³-hybridized carbons (Fsp3) is 0.765. The highest BCUT2D eigenvalue weighted by atomic mass is 127. The topological polar surface area (TPSA) is 57.9 Å². The number of ether oxygens (including phenoxy) is 1. The molecule has 1 aromatic heterocycles. The Balaban J connectivity index is 0.00000182. The normalized spacial score (nSPS) is 30.4. The minimum Gasteiger partial charge on any atom is -0.374 e. The molecule has 25 heavy (non-hydrogen) atoms. The Morgan fingerprint density at radius 2 is 1.96 bits per heavy atom. The van der Waals surface area contributed by atoms with Gasteiger partial charge in [0.05, 0.1) is 30.6 Å².